The molecule has 1 N–H and O–H groups in total. The molecule has 0 fully saturated rings. The smallest absolute Gasteiger partial charge is 0.360 e. The number of hydrogen-bond acceptors (Lipinski definition) is 4. The van der Waals surface area contributed by atoms with Gasteiger partial charge in [0.25, 0.3) is 0 Å². The molecule has 3 aromatic heterocycles. The molecule has 0 amide bonds. The lowest BCUT2D eigenvalue weighted by Crippen LogP contribution is -2.14. The highest BCUT2D eigenvalue weighted by Crippen LogP contribution is 2.34. The molecule has 0 unspecified atom stereocenters. The third-order valence-electron chi connectivity index (χ3n) is 4.26. The molecule has 0 saturated carbocycles. The topological polar surface area (TPSA) is 63.1 Å². The molecule has 0 bridgehead atoms. The number of rotatable bonds is 4. The number of carbonyl (C=O) groups is 1. The van der Waals surface area contributed by atoms with E-state index in [1.54, 1.807) is 13.1 Å². The number of thioether (sulfide) groups is 1. The highest BCUT2D eigenvalue weighted by atomic mass is 35.5. The van der Waals surface area contributed by atoms with Crippen LogP contribution in [-0.2, 0) is 6.18 Å². The minimum atomic E-state index is -4.56. The van der Waals surface area contributed by atoms with Gasteiger partial charge in [0.15, 0.2) is 16.6 Å². The molecule has 144 valence electrons. The van der Waals surface area contributed by atoms with E-state index in [1.807, 2.05) is 24.3 Å². The largest absolute Gasteiger partial charge is 0.417 e. The predicted octanol–water partition coefficient (Wildman–Crippen LogP) is 5.25. The first-order chi connectivity index (χ1) is 13.3. The number of H-pyrrole nitrogens is 1. The van der Waals surface area contributed by atoms with Crippen LogP contribution >= 0.6 is 23.4 Å². The average molecular weight is 425 g/mol. The molecule has 5 nitrogen and oxygen atoms in total. The summed E-state index contributed by atoms with van der Waals surface area (Å²) < 4.78 is 40.4. The first-order valence-corrected chi connectivity index (χ1v) is 9.40. The number of alkyl halides is 3. The van der Waals surface area contributed by atoms with E-state index >= 15 is 0 Å². The Balaban J connectivity index is 1.67. The van der Waals surface area contributed by atoms with Crippen LogP contribution < -0.4 is 0 Å². The number of fused-ring (bicyclic) bond motifs is 2. The van der Waals surface area contributed by atoms with E-state index in [0.29, 0.717) is 5.56 Å². The van der Waals surface area contributed by atoms with E-state index in [4.69, 9.17) is 11.6 Å². The van der Waals surface area contributed by atoms with Gasteiger partial charge in [-0.05, 0) is 19.1 Å². The fourth-order valence-corrected chi connectivity index (χ4v) is 4.01. The number of benzene rings is 1. The zero-order chi connectivity index (χ0) is 20.1. The van der Waals surface area contributed by atoms with Crippen molar-refractivity contribution in [3.05, 3.63) is 58.9 Å². The summed E-state index contributed by atoms with van der Waals surface area (Å²) in [6, 6.07) is 8.18. The van der Waals surface area contributed by atoms with Crippen LogP contribution in [-0.4, -0.2) is 30.6 Å². The maximum absolute atomic E-state index is 13.1. The van der Waals surface area contributed by atoms with Crippen molar-refractivity contribution in [1.29, 1.82) is 0 Å². The Hall–Kier alpha value is -2.52. The molecule has 3 heterocycles. The average Bonchev–Trinajstić information content (AvgIpc) is 3.25. The van der Waals surface area contributed by atoms with Crippen molar-refractivity contribution in [3.8, 4) is 0 Å². The van der Waals surface area contributed by atoms with Crippen LogP contribution in [0, 0.1) is 0 Å². The number of ketones is 1. The van der Waals surface area contributed by atoms with Crippen LogP contribution in [0.4, 0.5) is 13.2 Å². The molecule has 4 rings (SSSR count). The third kappa shape index (κ3) is 3.24. The minimum Gasteiger partial charge on any atom is -0.360 e. The zero-order valence-electron chi connectivity index (χ0n) is 14.3. The molecule has 1 aromatic carbocycles. The fourth-order valence-electron chi connectivity index (χ4n) is 2.88. The molecule has 0 saturated heterocycles. The number of pyridine rings is 1. The minimum absolute atomic E-state index is 0.101. The van der Waals surface area contributed by atoms with Crippen LogP contribution in [0.25, 0.3) is 16.6 Å². The second-order valence-electron chi connectivity index (χ2n) is 6.12. The van der Waals surface area contributed by atoms with Crippen LogP contribution in [0.3, 0.4) is 0 Å². The van der Waals surface area contributed by atoms with Gasteiger partial charge in [-0.3, -0.25) is 9.20 Å². The first-order valence-electron chi connectivity index (χ1n) is 8.14. The van der Waals surface area contributed by atoms with Crippen LogP contribution in [0.15, 0.2) is 47.9 Å². The predicted molar refractivity (Wildman–Crippen MR) is 101 cm³/mol. The van der Waals surface area contributed by atoms with Crippen molar-refractivity contribution < 1.29 is 18.0 Å². The Morgan fingerprint density at radius 2 is 2.04 bits per heavy atom. The van der Waals surface area contributed by atoms with Gasteiger partial charge < -0.3 is 4.98 Å². The van der Waals surface area contributed by atoms with E-state index in [0.717, 1.165) is 39.3 Å². The van der Waals surface area contributed by atoms with E-state index in [9.17, 15) is 18.0 Å². The summed E-state index contributed by atoms with van der Waals surface area (Å²) in [4.78, 5) is 15.9. The van der Waals surface area contributed by atoms with Crippen molar-refractivity contribution >= 4 is 45.7 Å². The summed E-state index contributed by atoms with van der Waals surface area (Å²) in [6.07, 6.45) is -2.05. The summed E-state index contributed by atoms with van der Waals surface area (Å²) >= 11 is 6.95. The van der Waals surface area contributed by atoms with Gasteiger partial charge in [-0.2, -0.15) is 13.2 Å². The highest BCUT2D eigenvalue weighted by Gasteiger charge is 2.32. The third-order valence-corrected chi connectivity index (χ3v) is 5.60. The summed E-state index contributed by atoms with van der Waals surface area (Å²) in [6.45, 7) is 1.67. The molecular formula is C18H12ClF3N4OS. The van der Waals surface area contributed by atoms with Crippen molar-refractivity contribution in [2.75, 3.05) is 0 Å². The van der Waals surface area contributed by atoms with Crippen molar-refractivity contribution in [1.82, 2.24) is 19.6 Å². The van der Waals surface area contributed by atoms with Crippen LogP contribution in [0.5, 0.6) is 0 Å². The van der Waals surface area contributed by atoms with Crippen molar-refractivity contribution in [2.24, 2.45) is 0 Å². The monoisotopic (exact) mass is 424 g/mol. The SMILES string of the molecule is C[C@H](Sc1nnc2c(Cl)cc(C(F)(F)F)cn12)C(=O)c1c[nH]c2ccccc12. The summed E-state index contributed by atoms with van der Waals surface area (Å²) in [5.74, 6) is -0.169. The molecule has 28 heavy (non-hydrogen) atoms. The van der Waals surface area contributed by atoms with Gasteiger partial charge in [-0.15, -0.1) is 10.2 Å². The maximum atomic E-state index is 13.1. The normalized spacial score (nSPS) is 13.3. The van der Waals surface area contributed by atoms with Crippen LogP contribution in [0.1, 0.15) is 22.8 Å². The zero-order valence-corrected chi connectivity index (χ0v) is 15.9. The Labute approximate surface area is 165 Å². The van der Waals surface area contributed by atoms with Crippen molar-refractivity contribution in [3.63, 3.8) is 0 Å². The van der Waals surface area contributed by atoms with Gasteiger partial charge in [0.2, 0.25) is 0 Å². The number of para-hydroxylation sites is 1. The van der Waals surface area contributed by atoms with Gasteiger partial charge in [-0.1, -0.05) is 41.6 Å². The van der Waals surface area contributed by atoms with Crippen LogP contribution in [0.2, 0.25) is 5.02 Å². The molecule has 0 spiro atoms. The van der Waals surface area contributed by atoms with Gasteiger partial charge >= 0.3 is 6.18 Å². The standard InChI is InChI=1S/C18H12ClF3N4OS/c1-9(15(27)12-7-23-14-5-3-2-4-11(12)14)28-17-25-24-16-13(19)6-10(8-26(16)17)18(20,21)22/h2-9,23H,1H3/t9-/m0/s1. The maximum Gasteiger partial charge on any atom is 0.417 e. The lowest BCUT2D eigenvalue weighted by atomic mass is 10.1. The van der Waals surface area contributed by atoms with Gasteiger partial charge in [0.05, 0.1) is 15.8 Å². The molecule has 10 heteroatoms. The van der Waals surface area contributed by atoms with Gasteiger partial charge in [0.1, 0.15) is 0 Å². The Bertz CT molecular complexity index is 1200. The van der Waals surface area contributed by atoms with E-state index in [2.05, 4.69) is 15.2 Å². The van der Waals surface area contributed by atoms with E-state index < -0.39 is 17.0 Å². The summed E-state index contributed by atoms with van der Waals surface area (Å²) in [7, 11) is 0. The molecule has 0 aliphatic carbocycles. The number of nitrogens with zero attached hydrogens (tertiary/aromatic N) is 3. The number of halogens is 4. The number of carbonyl (C=O) groups excluding carboxylic acids is 1. The number of aromatic nitrogens is 4. The van der Waals surface area contributed by atoms with Gasteiger partial charge in [-0.25, -0.2) is 0 Å². The second-order valence-corrected chi connectivity index (χ2v) is 7.84. The molecule has 1 atom stereocenters. The molecule has 4 aromatic rings. The number of nitrogens with one attached hydrogen (secondary N) is 1. The second kappa shape index (κ2) is 6.82. The lowest BCUT2D eigenvalue weighted by Gasteiger charge is -2.11. The Kier molecular flexibility index (Phi) is 4.59. The summed E-state index contributed by atoms with van der Waals surface area (Å²) in [5.41, 5.74) is 0.530. The number of aromatic amines is 1. The fraction of sp³-hybridized carbons (Fsp3) is 0.167. The molecule has 0 radical (unpaired) electrons. The Morgan fingerprint density at radius 3 is 2.79 bits per heavy atom. The van der Waals surface area contributed by atoms with E-state index in [1.165, 1.54) is 0 Å². The number of Topliss-reactive ketones (excluding diaryl/α,β-unsaturated/α-hetero) is 1. The molecular weight excluding hydrogens is 413 g/mol. The van der Waals surface area contributed by atoms with Crippen molar-refractivity contribution in [2.45, 2.75) is 23.5 Å². The van der Waals surface area contributed by atoms with Gasteiger partial charge in [0, 0.05) is 28.9 Å². The summed E-state index contributed by atoms with van der Waals surface area (Å²) in [5, 5.41) is 7.93. The Morgan fingerprint density at radius 1 is 1.29 bits per heavy atom. The lowest BCUT2D eigenvalue weighted by molar-refractivity contribution is -0.137. The first kappa shape index (κ1) is 18.8. The quantitative estimate of drug-likeness (QED) is 0.359. The molecule has 0 aliphatic heterocycles. The molecule has 0 aliphatic rings. The van der Waals surface area contributed by atoms with E-state index in [-0.39, 0.29) is 21.6 Å². The number of hydrogen-bond donors (Lipinski definition) is 1. The highest BCUT2D eigenvalue weighted by molar-refractivity contribution is 8.00.